The van der Waals surface area contributed by atoms with Crippen LogP contribution in [0.15, 0.2) is 60.7 Å². The molecule has 168 valence electrons. The molecular formula is C23H17F2N3O4S. The van der Waals surface area contributed by atoms with Gasteiger partial charge in [0.15, 0.2) is 23.4 Å². The highest BCUT2D eigenvalue weighted by atomic mass is 32.1. The quantitative estimate of drug-likeness (QED) is 0.404. The van der Waals surface area contributed by atoms with Gasteiger partial charge in [-0.05, 0) is 42.5 Å². The maximum absolute atomic E-state index is 13.4. The van der Waals surface area contributed by atoms with Crippen molar-refractivity contribution in [3.05, 3.63) is 77.9 Å². The Morgan fingerprint density at radius 3 is 2.48 bits per heavy atom. The minimum Gasteiger partial charge on any atom is -0.497 e. The van der Waals surface area contributed by atoms with Crippen LogP contribution in [-0.4, -0.2) is 30.5 Å². The summed E-state index contributed by atoms with van der Waals surface area (Å²) >= 11 is 1.03. The normalized spacial score (nSPS) is 10.6. The van der Waals surface area contributed by atoms with Gasteiger partial charge in [-0.2, -0.15) is 0 Å². The standard InChI is InChI=1S/C23H17F2N3O4S/c1-31-16-4-2-3-14(9-16)26-21(29)12-32-15-7-5-13(6-8-15)22(30)28-23-27-19-10-17(24)18(25)11-20(19)33-23/h2-11H,12H2,1H3,(H,26,29)(H,27,28,30). The first kappa shape index (κ1) is 22.2. The van der Waals surface area contributed by atoms with Crippen LogP contribution in [0.4, 0.5) is 19.6 Å². The number of nitrogens with one attached hydrogen (secondary N) is 2. The number of carbonyl (C=O) groups excluding carboxylic acids is 2. The van der Waals surface area contributed by atoms with Crippen molar-refractivity contribution in [3.63, 3.8) is 0 Å². The van der Waals surface area contributed by atoms with Gasteiger partial charge >= 0.3 is 0 Å². The van der Waals surface area contributed by atoms with Crippen molar-refractivity contribution in [1.82, 2.24) is 4.98 Å². The first-order valence-electron chi connectivity index (χ1n) is 9.65. The van der Waals surface area contributed by atoms with Gasteiger partial charge in [0.25, 0.3) is 11.8 Å². The number of hydrogen-bond donors (Lipinski definition) is 2. The molecule has 0 bridgehead atoms. The van der Waals surface area contributed by atoms with E-state index >= 15 is 0 Å². The molecule has 4 aromatic rings. The van der Waals surface area contributed by atoms with Crippen molar-refractivity contribution in [2.45, 2.75) is 0 Å². The van der Waals surface area contributed by atoms with Crippen LogP contribution in [0.3, 0.4) is 0 Å². The van der Waals surface area contributed by atoms with Gasteiger partial charge < -0.3 is 14.8 Å². The Morgan fingerprint density at radius 1 is 0.970 bits per heavy atom. The summed E-state index contributed by atoms with van der Waals surface area (Å²) in [6.45, 7) is -0.221. The Kier molecular flexibility index (Phi) is 6.45. The van der Waals surface area contributed by atoms with Gasteiger partial charge in [-0.1, -0.05) is 17.4 Å². The first-order chi connectivity index (χ1) is 15.9. The largest absolute Gasteiger partial charge is 0.497 e. The molecule has 33 heavy (non-hydrogen) atoms. The SMILES string of the molecule is COc1cccc(NC(=O)COc2ccc(C(=O)Nc3nc4cc(F)c(F)cc4s3)cc2)c1. The van der Waals surface area contributed by atoms with E-state index in [4.69, 9.17) is 9.47 Å². The van der Waals surface area contributed by atoms with Gasteiger partial charge in [0.2, 0.25) is 0 Å². The number of carbonyl (C=O) groups is 2. The first-order valence-corrected chi connectivity index (χ1v) is 10.5. The molecule has 2 amide bonds. The van der Waals surface area contributed by atoms with E-state index in [2.05, 4.69) is 15.6 Å². The molecule has 0 unspecified atom stereocenters. The zero-order valence-electron chi connectivity index (χ0n) is 17.2. The Labute approximate surface area is 191 Å². The Bertz CT molecular complexity index is 1290. The van der Waals surface area contributed by atoms with Crippen LogP contribution < -0.4 is 20.1 Å². The van der Waals surface area contributed by atoms with Gasteiger partial charge in [-0.25, -0.2) is 13.8 Å². The minimum atomic E-state index is -1.00. The van der Waals surface area contributed by atoms with Crippen LogP contribution >= 0.6 is 11.3 Å². The Balaban J connectivity index is 1.33. The predicted molar refractivity (Wildman–Crippen MR) is 121 cm³/mol. The third-order valence-electron chi connectivity index (χ3n) is 4.49. The molecule has 4 rings (SSSR count). The number of halogens is 2. The van der Waals surface area contributed by atoms with Crippen molar-refractivity contribution in [2.24, 2.45) is 0 Å². The van der Waals surface area contributed by atoms with Crippen LogP contribution in [-0.2, 0) is 4.79 Å². The van der Waals surface area contributed by atoms with E-state index in [0.29, 0.717) is 27.4 Å². The van der Waals surface area contributed by atoms with Crippen molar-refractivity contribution >= 4 is 44.2 Å². The summed E-state index contributed by atoms with van der Waals surface area (Å²) in [7, 11) is 1.54. The van der Waals surface area contributed by atoms with E-state index in [1.807, 2.05) is 0 Å². The van der Waals surface area contributed by atoms with Gasteiger partial charge in [-0.15, -0.1) is 0 Å². The molecule has 2 N–H and O–H groups in total. The molecule has 1 heterocycles. The summed E-state index contributed by atoms with van der Waals surface area (Å²) in [5.41, 5.74) is 1.15. The molecule has 0 aliphatic heterocycles. The second kappa shape index (κ2) is 9.61. The van der Waals surface area contributed by atoms with Crippen LogP contribution in [0.2, 0.25) is 0 Å². The van der Waals surface area contributed by atoms with E-state index in [-0.39, 0.29) is 23.2 Å². The molecule has 0 spiro atoms. The van der Waals surface area contributed by atoms with Crippen molar-refractivity contribution in [2.75, 3.05) is 24.4 Å². The number of amides is 2. The number of nitrogens with zero attached hydrogens (tertiary/aromatic N) is 1. The molecule has 1 aromatic heterocycles. The van der Waals surface area contributed by atoms with E-state index in [9.17, 15) is 18.4 Å². The smallest absolute Gasteiger partial charge is 0.262 e. The molecule has 3 aromatic carbocycles. The monoisotopic (exact) mass is 469 g/mol. The average Bonchev–Trinajstić information content (AvgIpc) is 3.19. The lowest BCUT2D eigenvalue weighted by Crippen LogP contribution is -2.20. The topological polar surface area (TPSA) is 89.5 Å². The molecule has 10 heteroatoms. The van der Waals surface area contributed by atoms with Gasteiger partial charge in [-0.3, -0.25) is 14.9 Å². The fourth-order valence-corrected chi connectivity index (χ4v) is 3.76. The summed E-state index contributed by atoms with van der Waals surface area (Å²) < 4.78 is 37.7. The van der Waals surface area contributed by atoms with E-state index < -0.39 is 17.5 Å². The number of fused-ring (bicyclic) bond motifs is 1. The lowest BCUT2D eigenvalue weighted by molar-refractivity contribution is -0.118. The second-order valence-electron chi connectivity index (χ2n) is 6.80. The van der Waals surface area contributed by atoms with Crippen molar-refractivity contribution in [3.8, 4) is 11.5 Å². The summed E-state index contributed by atoms with van der Waals surface area (Å²) in [5.74, 6) is -1.76. The van der Waals surface area contributed by atoms with E-state index in [1.165, 1.54) is 19.2 Å². The number of rotatable bonds is 7. The third kappa shape index (κ3) is 5.42. The molecule has 0 aliphatic rings. The van der Waals surface area contributed by atoms with Crippen LogP contribution in [0, 0.1) is 11.6 Å². The number of hydrogen-bond acceptors (Lipinski definition) is 6. The maximum atomic E-state index is 13.4. The van der Waals surface area contributed by atoms with Gasteiger partial charge in [0, 0.05) is 23.4 Å². The van der Waals surface area contributed by atoms with Crippen LogP contribution in [0.1, 0.15) is 10.4 Å². The number of anilines is 2. The zero-order chi connectivity index (χ0) is 23.4. The van der Waals surface area contributed by atoms with Crippen LogP contribution in [0.25, 0.3) is 10.2 Å². The zero-order valence-corrected chi connectivity index (χ0v) is 18.0. The molecule has 0 fully saturated rings. The highest BCUT2D eigenvalue weighted by molar-refractivity contribution is 7.22. The van der Waals surface area contributed by atoms with Crippen LogP contribution in [0.5, 0.6) is 11.5 Å². The average molecular weight is 469 g/mol. The summed E-state index contributed by atoms with van der Waals surface area (Å²) in [4.78, 5) is 28.6. The third-order valence-corrected chi connectivity index (χ3v) is 5.42. The summed E-state index contributed by atoms with van der Waals surface area (Å²) in [6.07, 6.45) is 0. The number of methoxy groups -OCH3 is 1. The lowest BCUT2D eigenvalue weighted by Gasteiger charge is -2.09. The molecule has 0 radical (unpaired) electrons. The Morgan fingerprint density at radius 2 is 1.73 bits per heavy atom. The van der Waals surface area contributed by atoms with Crippen molar-refractivity contribution in [1.29, 1.82) is 0 Å². The van der Waals surface area contributed by atoms with Gasteiger partial charge in [0.05, 0.1) is 17.3 Å². The lowest BCUT2D eigenvalue weighted by atomic mass is 10.2. The molecule has 0 aliphatic carbocycles. The second-order valence-corrected chi connectivity index (χ2v) is 7.83. The van der Waals surface area contributed by atoms with Gasteiger partial charge in [0.1, 0.15) is 11.5 Å². The van der Waals surface area contributed by atoms with E-state index in [0.717, 1.165) is 23.5 Å². The number of thiazole rings is 1. The van der Waals surface area contributed by atoms with Crippen molar-refractivity contribution < 1.29 is 27.8 Å². The molecule has 0 saturated heterocycles. The molecular weight excluding hydrogens is 452 g/mol. The summed E-state index contributed by atoms with van der Waals surface area (Å²) in [6, 6.07) is 15.1. The highest BCUT2D eigenvalue weighted by Crippen LogP contribution is 2.28. The minimum absolute atomic E-state index is 0.217. The maximum Gasteiger partial charge on any atom is 0.262 e. The molecule has 0 atom stereocenters. The predicted octanol–water partition coefficient (Wildman–Crippen LogP) is 4.85. The highest BCUT2D eigenvalue weighted by Gasteiger charge is 2.13. The number of aromatic nitrogens is 1. The molecule has 0 saturated carbocycles. The molecule has 7 nitrogen and oxygen atoms in total. The fraction of sp³-hybridized carbons (Fsp3) is 0.0870. The number of benzene rings is 3. The van der Waals surface area contributed by atoms with E-state index in [1.54, 1.807) is 36.4 Å². The summed E-state index contributed by atoms with van der Waals surface area (Å²) in [5, 5.41) is 5.52. The number of ether oxygens (including phenoxy) is 2. The Hall–Kier alpha value is -4.05. The fourth-order valence-electron chi connectivity index (χ4n) is 2.90.